The number of aryl methyl sites for hydroxylation is 1. The normalized spacial score (nSPS) is 32.1. The Morgan fingerprint density at radius 3 is 2.04 bits per heavy atom. The Kier molecular flexibility index (Phi) is 16.0. The van der Waals surface area contributed by atoms with E-state index in [2.05, 4.69) is 33.5 Å². The third kappa shape index (κ3) is 11.8. The molecule has 7 rings (SSSR count). The van der Waals surface area contributed by atoms with Gasteiger partial charge in [-0.15, -0.1) is 0 Å². The van der Waals surface area contributed by atoms with Crippen molar-refractivity contribution in [2.45, 2.75) is 100 Å². The van der Waals surface area contributed by atoms with Crippen LogP contribution >= 0.6 is 31.3 Å². The van der Waals surface area contributed by atoms with Gasteiger partial charge in [0.05, 0.1) is 45.4 Å². The second-order valence-electron chi connectivity index (χ2n) is 15.9. The van der Waals surface area contributed by atoms with E-state index in [1.165, 1.54) is 40.5 Å². The number of hydrogen-bond acceptors (Lipinski definition) is 25. The second-order valence-corrected chi connectivity index (χ2v) is 21.9. The highest BCUT2D eigenvalue weighted by molar-refractivity contribution is 7.66. The summed E-state index contributed by atoms with van der Waals surface area (Å²) in [6, 6.07) is 0. The molecule has 37 heteroatoms. The molecule has 4 aromatic rings. The van der Waals surface area contributed by atoms with Crippen molar-refractivity contribution in [2.24, 2.45) is 7.05 Å². The van der Waals surface area contributed by atoms with Crippen molar-refractivity contribution in [3.8, 4) is 0 Å². The zero-order valence-electron chi connectivity index (χ0n) is 37.1. The molecule has 386 valence electrons. The van der Waals surface area contributed by atoms with E-state index in [-0.39, 0.29) is 40.2 Å². The fraction of sp³-hybridized carbons (Fsp3) is 0.688. The SMILES string of the molecule is COC1[C@@H](OP(=O)(O)OC[C@H]2O[C@@H](C)C(O)[C@H]2OC(C)C)[C@@H](COP(=O)(O)OP(=O)(O)OP(=O)(O)OC[C@H]2O[C@@H]([n+]3cn(C)c4c(=O)[nH]c(N)nc43)C(OC)[C@H]2O)O[C@H]1n1cnc2c(N)ncnc21. The van der Waals surface area contributed by atoms with E-state index in [1.54, 1.807) is 20.8 Å². The smallest absolute Gasteiger partial charge is 0.388 e. The van der Waals surface area contributed by atoms with Crippen LogP contribution in [0.3, 0.4) is 0 Å². The molecule has 3 saturated heterocycles. The van der Waals surface area contributed by atoms with E-state index in [1.807, 2.05) is 0 Å². The van der Waals surface area contributed by atoms with Crippen molar-refractivity contribution in [3.05, 3.63) is 29.3 Å². The summed E-state index contributed by atoms with van der Waals surface area (Å²) in [5.74, 6) is -0.287. The number of aromatic nitrogens is 8. The van der Waals surface area contributed by atoms with Crippen LogP contribution < -0.4 is 21.6 Å². The van der Waals surface area contributed by atoms with Crippen LogP contribution in [0.15, 0.2) is 23.8 Å². The first-order valence-corrected chi connectivity index (χ1v) is 26.3. The first-order valence-electron chi connectivity index (χ1n) is 20.3. The minimum Gasteiger partial charge on any atom is -0.388 e. The van der Waals surface area contributed by atoms with Crippen molar-refractivity contribution in [1.29, 1.82) is 0 Å². The number of ether oxygens (including phenoxy) is 6. The fourth-order valence-electron chi connectivity index (χ4n) is 7.84. The summed E-state index contributed by atoms with van der Waals surface area (Å²) in [6.07, 6.45) is -12.5. The summed E-state index contributed by atoms with van der Waals surface area (Å²) in [5, 5.41) is 21.5. The number of aliphatic hydroxyl groups excluding tert-OH is 2. The monoisotopic (exact) mass is 1070 g/mol. The van der Waals surface area contributed by atoms with Crippen LogP contribution in [0.4, 0.5) is 11.8 Å². The number of H-pyrrole nitrogens is 1. The quantitative estimate of drug-likeness (QED) is 0.0340. The number of aliphatic hydroxyl groups is 2. The number of rotatable bonds is 21. The van der Waals surface area contributed by atoms with E-state index in [0.717, 1.165) is 13.4 Å². The third-order valence-electron chi connectivity index (χ3n) is 10.7. The number of anilines is 2. The number of fused-ring (bicyclic) bond motifs is 2. The number of nitrogen functional groups attached to an aromatic ring is 2. The molecule has 0 radical (unpaired) electrons. The van der Waals surface area contributed by atoms with Crippen molar-refractivity contribution >= 4 is 65.4 Å². The van der Waals surface area contributed by atoms with E-state index in [9.17, 15) is 52.8 Å². The average Bonchev–Trinajstić information content (AvgIpc) is 4.04. The van der Waals surface area contributed by atoms with Gasteiger partial charge in [-0.2, -0.15) is 8.62 Å². The number of methoxy groups -OCH3 is 2. The molecule has 0 aromatic carbocycles. The highest BCUT2D eigenvalue weighted by Crippen LogP contribution is 2.68. The number of nitrogens with two attached hydrogens (primary N) is 2. The zero-order valence-corrected chi connectivity index (χ0v) is 40.6. The van der Waals surface area contributed by atoms with Crippen molar-refractivity contribution in [3.63, 3.8) is 0 Å². The Bertz CT molecular complexity index is 2750. The average molecular weight is 1070 g/mol. The Balaban J connectivity index is 1.02. The largest absolute Gasteiger partial charge is 0.490 e. The van der Waals surface area contributed by atoms with Crippen LogP contribution in [0.25, 0.3) is 22.3 Å². The maximum Gasteiger partial charge on any atom is 0.490 e. The number of nitrogens with one attached hydrogen (secondary N) is 1. The van der Waals surface area contributed by atoms with Crippen molar-refractivity contribution in [2.75, 3.05) is 45.5 Å². The van der Waals surface area contributed by atoms with E-state index < -0.39 is 130 Å². The summed E-state index contributed by atoms with van der Waals surface area (Å²) >= 11 is 0. The first-order chi connectivity index (χ1) is 32.2. The number of phosphoric ester groups is 3. The van der Waals surface area contributed by atoms with Crippen LogP contribution in [0.1, 0.15) is 33.2 Å². The molecule has 0 bridgehead atoms. The van der Waals surface area contributed by atoms with Gasteiger partial charge in [-0.05, 0) is 20.8 Å². The lowest BCUT2D eigenvalue weighted by molar-refractivity contribution is -0.746. The van der Waals surface area contributed by atoms with Gasteiger partial charge in [0.2, 0.25) is 11.7 Å². The maximum absolute atomic E-state index is 13.6. The van der Waals surface area contributed by atoms with Crippen LogP contribution in [-0.4, -0.2) is 165 Å². The minimum atomic E-state index is -6.12. The molecule has 69 heavy (non-hydrogen) atoms. The molecule has 3 aliphatic rings. The summed E-state index contributed by atoms with van der Waals surface area (Å²) in [4.78, 5) is 73.5. The number of nitrogens with zero attached hydrogens (tertiary/aromatic N) is 7. The maximum atomic E-state index is 13.6. The van der Waals surface area contributed by atoms with Crippen LogP contribution in [0, 0.1) is 0 Å². The molecule has 11 N–H and O–H groups in total. The Labute approximate surface area is 388 Å². The van der Waals surface area contributed by atoms with Gasteiger partial charge in [-0.1, -0.05) is 4.98 Å². The van der Waals surface area contributed by atoms with Gasteiger partial charge >= 0.3 is 36.9 Å². The molecular weight excluding hydrogens is 1020 g/mol. The van der Waals surface area contributed by atoms with Crippen molar-refractivity contribution in [1.82, 2.24) is 34.1 Å². The molecule has 3 aliphatic heterocycles. The Morgan fingerprint density at radius 2 is 1.42 bits per heavy atom. The molecule has 33 nitrogen and oxygen atoms in total. The second kappa shape index (κ2) is 20.7. The summed E-state index contributed by atoms with van der Waals surface area (Å²) in [6.45, 7) is 2.11. The number of phosphoric acid groups is 4. The standard InChI is InChI=1S/C32H50N10O23P4/c1-13(2)59-22-16(60-14(3)20(22)43)8-56-66(46,47)63-23-17(62-31(25(23)55-6)41-11-37-18-26(33)35-10-36-27(18)41)9-58-68(50,51)65-69(52,53)64-67(48,49)57-7-15-21(44)24(54-5)30(61-15)42-12-40(4)19-28(42)38-32(34)39-29(19)45/h10-17,20-25,30-31,43-44H,7-9H2,1-6H3,(H8-,33,34,35,36,38,39,45,46,47,48,49,50,51,52,53)/p+1/t14-,15+,16+,17+,20?,21-,22-,23-,24?,25?,30+,31+/m0/s1. The topological polar surface area (TPSA) is 451 Å². The Morgan fingerprint density at radius 1 is 0.812 bits per heavy atom. The first kappa shape index (κ1) is 53.5. The summed E-state index contributed by atoms with van der Waals surface area (Å²) in [5.41, 5.74) is 11.3. The highest BCUT2D eigenvalue weighted by atomic mass is 31.3. The lowest BCUT2D eigenvalue weighted by Crippen LogP contribution is -2.47. The fourth-order valence-corrected chi connectivity index (χ4v) is 12.3. The molecule has 4 aromatic heterocycles. The molecule has 16 atom stereocenters. The summed E-state index contributed by atoms with van der Waals surface area (Å²) < 4.78 is 120. The predicted molar refractivity (Wildman–Crippen MR) is 226 cm³/mol. The number of aromatic amines is 1. The van der Waals surface area contributed by atoms with Crippen LogP contribution in [-0.2, 0) is 80.4 Å². The van der Waals surface area contributed by atoms with E-state index in [4.69, 9.17) is 58.0 Å². The molecule has 0 saturated carbocycles. The molecule has 0 spiro atoms. The lowest BCUT2D eigenvalue weighted by Gasteiger charge is -2.27. The molecular formula is C32H51N10O23P4+. The molecule has 7 heterocycles. The van der Waals surface area contributed by atoms with E-state index >= 15 is 0 Å². The van der Waals surface area contributed by atoms with Gasteiger partial charge in [0.25, 0.3) is 11.5 Å². The lowest BCUT2D eigenvalue weighted by atomic mass is 10.1. The number of hydrogen-bond donors (Lipinski definition) is 9. The van der Waals surface area contributed by atoms with Crippen LogP contribution in [0.2, 0.25) is 0 Å². The zero-order chi connectivity index (χ0) is 50.5. The van der Waals surface area contributed by atoms with Gasteiger partial charge in [-0.25, -0.2) is 37.8 Å². The van der Waals surface area contributed by atoms with Crippen molar-refractivity contribution < 1.29 is 108 Å². The van der Waals surface area contributed by atoms with Gasteiger partial charge in [0.1, 0.15) is 66.8 Å². The third-order valence-corrected chi connectivity index (χ3v) is 16.0. The molecule has 0 aliphatic carbocycles. The van der Waals surface area contributed by atoms with Gasteiger partial charge < -0.3 is 69.7 Å². The number of imidazole rings is 2. The highest BCUT2D eigenvalue weighted by Gasteiger charge is 2.54. The molecule has 0 amide bonds. The summed E-state index contributed by atoms with van der Waals surface area (Å²) in [7, 11) is -19.1. The predicted octanol–water partition coefficient (Wildman–Crippen LogP) is -1.45. The minimum absolute atomic E-state index is 0.00801. The molecule has 3 fully saturated rings. The van der Waals surface area contributed by atoms with E-state index in [0.29, 0.717) is 0 Å². The van der Waals surface area contributed by atoms with Gasteiger partial charge in [-0.3, -0.25) is 37.0 Å². The Hall–Kier alpha value is -3.30. The van der Waals surface area contributed by atoms with Gasteiger partial charge in [0, 0.05) is 14.2 Å². The molecule has 7 unspecified atom stereocenters. The van der Waals surface area contributed by atoms with Crippen LogP contribution in [0.5, 0.6) is 0 Å². The van der Waals surface area contributed by atoms with Gasteiger partial charge in [0.15, 0.2) is 24.0 Å².